The first kappa shape index (κ1) is 41.7. The maximum Gasteiger partial charge on any atom is 0.338 e. The molecule has 2 amide bonds. The Morgan fingerprint density at radius 3 is 2.31 bits per heavy atom. The van der Waals surface area contributed by atoms with Crippen molar-refractivity contribution in [3.05, 3.63) is 93.8 Å². The summed E-state index contributed by atoms with van der Waals surface area (Å²) in [6.07, 6.45) is 8.22. The molecule has 1 N–H and O–H groups in total. The number of nitrogens with one attached hydrogen (secondary N) is 1. The molecule has 10 heteroatoms. The highest BCUT2D eigenvalue weighted by molar-refractivity contribution is 6.31. The second-order valence-corrected chi connectivity index (χ2v) is 13.6. The fraction of sp³-hybridized carbons (Fsp3) is 0.462. The number of hydrogen-bond donors (Lipinski definition) is 1. The number of anilines is 2. The van der Waals surface area contributed by atoms with Gasteiger partial charge in [0, 0.05) is 52.5 Å². The Kier molecular flexibility index (Phi) is 16.7. The molecule has 49 heavy (non-hydrogen) atoms. The van der Waals surface area contributed by atoms with Gasteiger partial charge in [-0.05, 0) is 106 Å². The largest absolute Gasteiger partial charge is 0.465 e. The number of amides is 2. The van der Waals surface area contributed by atoms with E-state index in [9.17, 15) is 14.4 Å². The van der Waals surface area contributed by atoms with E-state index in [1.165, 1.54) is 26.0 Å². The Bertz CT molecular complexity index is 1500. The van der Waals surface area contributed by atoms with E-state index in [2.05, 4.69) is 16.8 Å². The molecule has 1 saturated carbocycles. The number of methoxy groups -OCH3 is 1. The highest BCUT2D eigenvalue weighted by atomic mass is 35.5. The summed E-state index contributed by atoms with van der Waals surface area (Å²) in [5, 5.41) is 3.41. The Balaban J connectivity index is 0.000000588. The summed E-state index contributed by atoms with van der Waals surface area (Å²) in [4.78, 5) is 40.5. The molecule has 2 aliphatic rings. The second kappa shape index (κ2) is 19.7. The fourth-order valence-corrected chi connectivity index (χ4v) is 6.51. The van der Waals surface area contributed by atoms with Crippen LogP contribution in [0.25, 0.3) is 0 Å². The lowest BCUT2D eigenvalue weighted by molar-refractivity contribution is -0.123. The Morgan fingerprint density at radius 2 is 1.80 bits per heavy atom. The quantitative estimate of drug-likeness (QED) is 0.135. The van der Waals surface area contributed by atoms with E-state index in [4.69, 9.17) is 27.9 Å². The number of allylic oxidation sites excluding steroid dienone is 4. The molecule has 2 atom stereocenters. The number of esters is 1. The van der Waals surface area contributed by atoms with Crippen LogP contribution in [0.1, 0.15) is 75.4 Å². The number of nitrogens with zero attached hydrogens (tertiary/aromatic N) is 2. The van der Waals surface area contributed by atoms with Crippen molar-refractivity contribution in [2.24, 2.45) is 17.8 Å². The van der Waals surface area contributed by atoms with Crippen molar-refractivity contribution in [3.8, 4) is 0 Å². The van der Waals surface area contributed by atoms with Crippen LogP contribution in [0.5, 0.6) is 0 Å². The smallest absolute Gasteiger partial charge is 0.338 e. The van der Waals surface area contributed by atoms with Crippen molar-refractivity contribution in [3.63, 3.8) is 0 Å². The van der Waals surface area contributed by atoms with Crippen molar-refractivity contribution in [2.75, 3.05) is 37.0 Å². The SMILES string of the molecule is C=C(Cl)/C=C\C=C(/F)C1[C@H](C(=O)N(CCC)c2cc(C)c(C(=O)OC)c(C)c2)CN(CC2CC2)C1(C)C.CC.O=CNc1cccc(Cl)c1. The number of aryl methyl sites for hydroxylation is 2. The van der Waals surface area contributed by atoms with Gasteiger partial charge in [0.2, 0.25) is 12.3 Å². The molecule has 2 aromatic carbocycles. The topological polar surface area (TPSA) is 79.0 Å². The third-order valence-corrected chi connectivity index (χ3v) is 9.06. The highest BCUT2D eigenvalue weighted by Gasteiger charge is 2.54. The normalized spacial score (nSPS) is 18.5. The van der Waals surface area contributed by atoms with Gasteiger partial charge in [0.1, 0.15) is 5.83 Å². The average Bonchev–Trinajstić information content (AvgIpc) is 3.83. The molecule has 1 aliphatic heterocycles. The lowest BCUT2D eigenvalue weighted by Crippen LogP contribution is -2.44. The van der Waals surface area contributed by atoms with E-state index < -0.39 is 23.3 Å². The molecule has 1 heterocycles. The van der Waals surface area contributed by atoms with Gasteiger partial charge < -0.3 is 15.0 Å². The molecule has 0 aromatic heterocycles. The molecule has 1 unspecified atom stereocenters. The molecule has 2 aromatic rings. The van der Waals surface area contributed by atoms with Crippen LogP contribution in [0.4, 0.5) is 15.8 Å². The van der Waals surface area contributed by atoms with Gasteiger partial charge in [-0.25, -0.2) is 9.18 Å². The lowest BCUT2D eigenvalue weighted by atomic mass is 9.80. The first-order valence-electron chi connectivity index (χ1n) is 16.8. The van der Waals surface area contributed by atoms with Crippen molar-refractivity contribution < 1.29 is 23.5 Å². The lowest BCUT2D eigenvalue weighted by Gasteiger charge is -2.36. The highest BCUT2D eigenvalue weighted by Crippen LogP contribution is 2.46. The standard InChI is InChI=1S/C30H40ClFN2O3.C7H6ClNO.C2H6/c1-8-14-34(23-15-19(2)26(20(3)16-23)29(36)37-7)28(35)24-18-33(17-22-12-13-22)30(5,6)27(24)25(32)11-9-10-21(4)31;8-6-2-1-3-7(4-6)9-5-10;1-2/h9-11,15-16,22,24,27H,4,8,12-14,17-18H2,1-3,5-7H3;1-5H,(H,9,10);1-2H3/b10-9-,25-11-;;/t24-,27?;;/m1../s1. The molecule has 4 rings (SSSR count). The van der Waals surface area contributed by atoms with Gasteiger partial charge in [0.05, 0.1) is 18.6 Å². The zero-order valence-corrected chi connectivity index (χ0v) is 31.6. The van der Waals surface area contributed by atoms with Crippen molar-refractivity contribution >= 4 is 52.9 Å². The van der Waals surface area contributed by atoms with Crippen LogP contribution < -0.4 is 10.2 Å². The van der Waals surface area contributed by atoms with Crippen LogP contribution in [0.15, 0.2) is 72.1 Å². The Morgan fingerprint density at radius 1 is 1.16 bits per heavy atom. The summed E-state index contributed by atoms with van der Waals surface area (Å²) in [5.41, 5.74) is 2.89. The van der Waals surface area contributed by atoms with Crippen molar-refractivity contribution in [1.29, 1.82) is 0 Å². The number of benzene rings is 2. The summed E-state index contributed by atoms with van der Waals surface area (Å²) in [5.74, 6) is -1.38. The van der Waals surface area contributed by atoms with E-state index in [0.29, 0.717) is 46.7 Å². The Hall–Kier alpha value is -3.46. The summed E-state index contributed by atoms with van der Waals surface area (Å²) in [6, 6.07) is 10.7. The minimum Gasteiger partial charge on any atom is -0.465 e. The van der Waals surface area contributed by atoms with Crippen LogP contribution >= 0.6 is 23.2 Å². The number of ether oxygens (including phenoxy) is 1. The molecular formula is C39H52Cl2FN3O4. The number of carbonyl (C=O) groups is 3. The number of hydrogen-bond acceptors (Lipinski definition) is 5. The summed E-state index contributed by atoms with van der Waals surface area (Å²) in [7, 11) is 1.36. The third-order valence-electron chi connectivity index (χ3n) is 8.70. The van der Waals surface area contributed by atoms with Crippen LogP contribution in [-0.2, 0) is 14.3 Å². The van der Waals surface area contributed by atoms with Gasteiger partial charge in [-0.2, -0.15) is 0 Å². The van der Waals surface area contributed by atoms with E-state index in [1.807, 2.05) is 60.6 Å². The number of rotatable bonds is 12. The van der Waals surface area contributed by atoms with Crippen LogP contribution in [0, 0.1) is 31.6 Å². The molecule has 2 fully saturated rings. The molecule has 0 bridgehead atoms. The minimum atomic E-state index is -0.608. The van der Waals surface area contributed by atoms with E-state index in [1.54, 1.807) is 41.3 Å². The molecule has 1 aliphatic carbocycles. The third kappa shape index (κ3) is 11.5. The monoisotopic (exact) mass is 715 g/mol. The van der Waals surface area contributed by atoms with Gasteiger partial charge in [0.15, 0.2) is 0 Å². The minimum absolute atomic E-state index is 0.0999. The number of likely N-dealkylation sites (tertiary alicyclic amines) is 1. The molecule has 1 saturated heterocycles. The molecule has 0 radical (unpaired) electrons. The summed E-state index contributed by atoms with van der Waals surface area (Å²) in [6.45, 7) is 19.3. The molecule has 268 valence electrons. The van der Waals surface area contributed by atoms with Gasteiger partial charge in [-0.1, -0.05) is 62.7 Å². The number of carbonyl (C=O) groups excluding carboxylic acids is 3. The van der Waals surface area contributed by atoms with Crippen LogP contribution in [0.3, 0.4) is 0 Å². The van der Waals surface area contributed by atoms with Crippen molar-refractivity contribution in [2.45, 2.75) is 73.3 Å². The van der Waals surface area contributed by atoms with Crippen LogP contribution in [-0.4, -0.2) is 55.5 Å². The van der Waals surface area contributed by atoms with E-state index >= 15 is 4.39 Å². The second-order valence-electron chi connectivity index (χ2n) is 12.7. The van der Waals surface area contributed by atoms with Gasteiger partial charge in [-0.15, -0.1) is 0 Å². The van der Waals surface area contributed by atoms with Gasteiger partial charge in [0.25, 0.3) is 0 Å². The van der Waals surface area contributed by atoms with E-state index in [-0.39, 0.29) is 11.7 Å². The Labute approximate surface area is 302 Å². The van der Waals surface area contributed by atoms with Crippen LogP contribution in [0.2, 0.25) is 5.02 Å². The number of halogens is 3. The van der Waals surface area contributed by atoms with Gasteiger partial charge in [-0.3, -0.25) is 14.5 Å². The fourth-order valence-electron chi connectivity index (χ4n) is 6.24. The maximum atomic E-state index is 15.8. The average molecular weight is 717 g/mol. The predicted octanol–water partition coefficient (Wildman–Crippen LogP) is 9.67. The first-order valence-corrected chi connectivity index (χ1v) is 17.6. The predicted molar refractivity (Wildman–Crippen MR) is 201 cm³/mol. The summed E-state index contributed by atoms with van der Waals surface area (Å²) >= 11 is 11.4. The zero-order valence-electron chi connectivity index (χ0n) is 30.1. The first-order chi connectivity index (χ1) is 23.2. The molecular weight excluding hydrogens is 664 g/mol. The van der Waals surface area contributed by atoms with Gasteiger partial charge >= 0.3 is 5.97 Å². The zero-order chi connectivity index (χ0) is 36.9. The van der Waals surface area contributed by atoms with E-state index in [0.717, 1.165) is 29.8 Å². The maximum absolute atomic E-state index is 15.8. The molecule has 7 nitrogen and oxygen atoms in total. The van der Waals surface area contributed by atoms with Crippen molar-refractivity contribution in [1.82, 2.24) is 4.90 Å². The molecule has 0 spiro atoms. The summed E-state index contributed by atoms with van der Waals surface area (Å²) < 4.78 is 20.8.